The fourth-order valence-electron chi connectivity index (χ4n) is 1.44. The number of hydrogen-bond donors (Lipinski definition) is 4. The first-order chi connectivity index (χ1) is 8.54. The van der Waals surface area contributed by atoms with Crippen LogP contribution in [0.3, 0.4) is 0 Å². The summed E-state index contributed by atoms with van der Waals surface area (Å²) in [5, 5.41) is 32.7. The molecule has 0 aliphatic heterocycles. The number of carboxylic acid groups (broad SMARTS) is 1. The molecule has 0 spiro atoms. The quantitative estimate of drug-likeness (QED) is 0.552. The summed E-state index contributed by atoms with van der Waals surface area (Å²) in [6.07, 6.45) is 1.18. The number of aliphatic carboxylic acids is 1. The van der Waals surface area contributed by atoms with Crippen LogP contribution in [0.15, 0.2) is 17.5 Å². The van der Waals surface area contributed by atoms with Crippen molar-refractivity contribution in [2.24, 2.45) is 0 Å². The van der Waals surface area contributed by atoms with Gasteiger partial charge in [0, 0.05) is 11.0 Å². The number of nitrogens with one attached hydrogen (secondary N) is 1. The molecular weight excluding hydrogens is 254 g/mol. The van der Waals surface area contributed by atoms with Gasteiger partial charge in [-0.2, -0.15) is 0 Å². The van der Waals surface area contributed by atoms with Gasteiger partial charge in [-0.1, -0.05) is 0 Å². The second-order valence-corrected chi connectivity index (χ2v) is 4.80. The van der Waals surface area contributed by atoms with Crippen molar-refractivity contribution in [1.82, 2.24) is 5.32 Å². The van der Waals surface area contributed by atoms with E-state index in [1.54, 1.807) is 18.5 Å². The Kier molecular flexibility index (Phi) is 6.00. The Hall–Kier alpha value is -1.21. The highest BCUT2D eigenvalue weighted by molar-refractivity contribution is 7.11. The summed E-state index contributed by atoms with van der Waals surface area (Å²) in [6, 6.07) is 1.68. The van der Waals surface area contributed by atoms with E-state index in [0.29, 0.717) is 18.5 Å². The molecule has 1 heterocycles. The molecule has 0 bridgehead atoms. The molecule has 0 fully saturated rings. The molecule has 0 saturated carbocycles. The second-order valence-electron chi connectivity index (χ2n) is 3.86. The molecule has 6 heteroatoms. The highest BCUT2D eigenvalue weighted by Crippen LogP contribution is 2.25. The van der Waals surface area contributed by atoms with Crippen LogP contribution in [-0.4, -0.2) is 41.0 Å². The van der Waals surface area contributed by atoms with Crippen LogP contribution in [0.1, 0.15) is 23.0 Å². The van der Waals surface area contributed by atoms with Gasteiger partial charge in [0.2, 0.25) is 0 Å². The molecule has 18 heavy (non-hydrogen) atoms. The van der Waals surface area contributed by atoms with E-state index in [1.165, 1.54) is 17.4 Å². The maximum atomic E-state index is 10.4. The summed E-state index contributed by atoms with van der Waals surface area (Å²) in [6.45, 7) is 0.619. The molecule has 0 amide bonds. The number of thiophene rings is 1. The van der Waals surface area contributed by atoms with Crippen LogP contribution < -0.4 is 5.32 Å². The van der Waals surface area contributed by atoms with Crippen molar-refractivity contribution < 1.29 is 20.1 Å². The van der Waals surface area contributed by atoms with E-state index >= 15 is 0 Å². The van der Waals surface area contributed by atoms with Crippen LogP contribution in [0.2, 0.25) is 0 Å². The summed E-state index contributed by atoms with van der Waals surface area (Å²) >= 11 is 1.32. The number of aliphatic hydroxyl groups is 2. The molecule has 0 aliphatic carbocycles. The van der Waals surface area contributed by atoms with Gasteiger partial charge in [0.1, 0.15) is 6.10 Å². The first-order valence-corrected chi connectivity index (χ1v) is 6.42. The Morgan fingerprint density at radius 3 is 2.89 bits per heavy atom. The lowest BCUT2D eigenvalue weighted by Gasteiger charge is -2.16. The standard InChI is InChI=1S/C12H17NO4S/c1-13-5-4-10(14)12(17)8-6-9(18-7-8)2-3-11(15)16/h2-3,6-7,10,12-14,17H,4-5H2,1H3,(H,15,16)/b3-2+. The average Bonchev–Trinajstić information content (AvgIpc) is 2.81. The van der Waals surface area contributed by atoms with Crippen LogP contribution in [0.5, 0.6) is 0 Å². The highest BCUT2D eigenvalue weighted by atomic mass is 32.1. The van der Waals surface area contributed by atoms with Crippen LogP contribution in [-0.2, 0) is 4.79 Å². The van der Waals surface area contributed by atoms with Gasteiger partial charge < -0.3 is 20.6 Å². The van der Waals surface area contributed by atoms with Gasteiger partial charge in [-0.05, 0) is 43.1 Å². The van der Waals surface area contributed by atoms with E-state index in [9.17, 15) is 15.0 Å². The zero-order valence-electron chi connectivity index (χ0n) is 10.0. The van der Waals surface area contributed by atoms with E-state index in [1.807, 2.05) is 0 Å². The first kappa shape index (κ1) is 14.8. The minimum atomic E-state index is -1.01. The summed E-state index contributed by atoms with van der Waals surface area (Å²) in [5.41, 5.74) is 0.605. The molecule has 2 unspecified atom stereocenters. The lowest BCUT2D eigenvalue weighted by Crippen LogP contribution is -2.22. The Balaban J connectivity index is 2.64. The zero-order valence-corrected chi connectivity index (χ0v) is 10.9. The average molecular weight is 271 g/mol. The third-order valence-corrected chi connectivity index (χ3v) is 3.34. The SMILES string of the molecule is CNCCC(O)C(O)c1csc(/C=C/C(=O)O)c1. The Bertz CT molecular complexity index is 416. The highest BCUT2D eigenvalue weighted by Gasteiger charge is 2.18. The minimum Gasteiger partial charge on any atom is -0.478 e. The van der Waals surface area contributed by atoms with Crippen molar-refractivity contribution >= 4 is 23.4 Å². The van der Waals surface area contributed by atoms with E-state index in [0.717, 1.165) is 11.0 Å². The van der Waals surface area contributed by atoms with Crippen molar-refractivity contribution in [3.8, 4) is 0 Å². The summed E-state index contributed by atoms with van der Waals surface area (Å²) in [4.78, 5) is 11.1. The molecule has 0 saturated heterocycles. The number of carbonyl (C=O) groups is 1. The van der Waals surface area contributed by atoms with Gasteiger partial charge in [-0.3, -0.25) is 0 Å². The number of carboxylic acids is 1. The molecule has 1 aromatic heterocycles. The molecule has 1 aromatic rings. The predicted octanol–water partition coefficient (Wildman–Crippen LogP) is 0.850. The molecule has 0 aliphatic rings. The Morgan fingerprint density at radius 2 is 2.28 bits per heavy atom. The predicted molar refractivity (Wildman–Crippen MR) is 70.5 cm³/mol. The maximum Gasteiger partial charge on any atom is 0.328 e. The van der Waals surface area contributed by atoms with Crippen LogP contribution >= 0.6 is 11.3 Å². The van der Waals surface area contributed by atoms with Gasteiger partial charge in [-0.15, -0.1) is 11.3 Å². The van der Waals surface area contributed by atoms with Crippen molar-refractivity contribution in [3.63, 3.8) is 0 Å². The summed E-state index contributed by atoms with van der Waals surface area (Å²) < 4.78 is 0. The summed E-state index contributed by atoms with van der Waals surface area (Å²) in [7, 11) is 1.78. The Labute approximate surface area is 109 Å². The van der Waals surface area contributed by atoms with E-state index in [-0.39, 0.29) is 0 Å². The topological polar surface area (TPSA) is 89.8 Å². The molecule has 1 rings (SSSR count). The normalized spacial score (nSPS) is 14.8. The van der Waals surface area contributed by atoms with Crippen molar-refractivity contribution in [2.75, 3.05) is 13.6 Å². The molecule has 100 valence electrons. The molecule has 0 aromatic carbocycles. The summed E-state index contributed by atoms with van der Waals surface area (Å²) in [5.74, 6) is -1.01. The van der Waals surface area contributed by atoms with Crippen molar-refractivity contribution in [3.05, 3.63) is 28.0 Å². The molecule has 2 atom stereocenters. The smallest absolute Gasteiger partial charge is 0.328 e. The molecule has 5 nitrogen and oxygen atoms in total. The lowest BCUT2D eigenvalue weighted by atomic mass is 10.0. The third-order valence-electron chi connectivity index (χ3n) is 2.43. The van der Waals surface area contributed by atoms with Crippen LogP contribution in [0.4, 0.5) is 0 Å². The number of rotatable bonds is 7. The van der Waals surface area contributed by atoms with E-state index in [4.69, 9.17) is 5.11 Å². The van der Waals surface area contributed by atoms with Gasteiger partial charge >= 0.3 is 5.97 Å². The number of aliphatic hydroxyl groups excluding tert-OH is 2. The Morgan fingerprint density at radius 1 is 1.56 bits per heavy atom. The van der Waals surface area contributed by atoms with E-state index < -0.39 is 18.2 Å². The van der Waals surface area contributed by atoms with Gasteiger partial charge in [0.05, 0.1) is 6.10 Å². The largest absolute Gasteiger partial charge is 0.478 e. The lowest BCUT2D eigenvalue weighted by molar-refractivity contribution is -0.131. The first-order valence-electron chi connectivity index (χ1n) is 5.54. The molecular formula is C12H17NO4S. The third kappa shape index (κ3) is 4.58. The fourth-order valence-corrected chi connectivity index (χ4v) is 2.27. The van der Waals surface area contributed by atoms with Gasteiger partial charge in [0.25, 0.3) is 0 Å². The van der Waals surface area contributed by atoms with E-state index in [2.05, 4.69) is 5.32 Å². The van der Waals surface area contributed by atoms with Crippen molar-refractivity contribution in [2.45, 2.75) is 18.6 Å². The zero-order chi connectivity index (χ0) is 13.5. The number of hydrogen-bond acceptors (Lipinski definition) is 5. The maximum absolute atomic E-state index is 10.4. The fraction of sp³-hybridized carbons (Fsp3) is 0.417. The van der Waals surface area contributed by atoms with Crippen LogP contribution in [0.25, 0.3) is 6.08 Å². The van der Waals surface area contributed by atoms with Gasteiger partial charge in [-0.25, -0.2) is 4.79 Å². The van der Waals surface area contributed by atoms with Crippen molar-refractivity contribution in [1.29, 1.82) is 0 Å². The van der Waals surface area contributed by atoms with Crippen LogP contribution in [0, 0.1) is 0 Å². The molecule has 4 N–H and O–H groups in total. The second kappa shape index (κ2) is 7.27. The van der Waals surface area contributed by atoms with Gasteiger partial charge in [0.15, 0.2) is 0 Å². The monoisotopic (exact) mass is 271 g/mol. The minimum absolute atomic E-state index is 0.452. The molecule has 0 radical (unpaired) electrons.